The second-order valence-corrected chi connectivity index (χ2v) is 6.39. The number of amides is 2. The van der Waals surface area contributed by atoms with E-state index in [9.17, 15) is 9.59 Å². The first-order chi connectivity index (χ1) is 9.97. The predicted octanol–water partition coefficient (Wildman–Crippen LogP) is 1.36. The molecule has 2 fully saturated rings. The third-order valence-corrected chi connectivity index (χ3v) is 4.90. The molecule has 2 N–H and O–H groups in total. The minimum absolute atomic E-state index is 0.0121. The molecule has 1 saturated heterocycles. The van der Waals surface area contributed by atoms with E-state index in [1.54, 1.807) is 13.8 Å². The number of hydrogen-bond donors (Lipinski definition) is 2. The van der Waals surface area contributed by atoms with Gasteiger partial charge in [0.05, 0.1) is 16.8 Å². The Hall–Kier alpha value is -1.56. The Morgan fingerprint density at radius 3 is 2.62 bits per heavy atom. The standard InChI is InChI=1S/C14H19ClN4O2/c1-7-12(15)13(18-17-7)14(21)16-11-6-19(8(2)20)5-10(11)9-3-4-9/h9-11H,3-6H2,1-2H3,(H,16,21)(H,17,18)/t10-,11+/m1/s1. The zero-order chi connectivity index (χ0) is 15.1. The second-order valence-electron chi connectivity index (χ2n) is 6.02. The van der Waals surface area contributed by atoms with Crippen LogP contribution >= 0.6 is 11.6 Å². The minimum atomic E-state index is -0.273. The van der Waals surface area contributed by atoms with E-state index in [1.807, 2.05) is 4.90 Å². The smallest absolute Gasteiger partial charge is 0.273 e. The third-order valence-electron chi connectivity index (χ3n) is 4.44. The number of hydrogen-bond acceptors (Lipinski definition) is 3. The summed E-state index contributed by atoms with van der Waals surface area (Å²) in [5.41, 5.74) is 0.905. The maximum absolute atomic E-state index is 12.3. The Kier molecular flexibility index (Phi) is 3.65. The SMILES string of the molecule is CC(=O)N1C[C@H](NC(=O)c2n[nH]c(C)c2Cl)[C@@H](C2CC2)C1. The number of carbonyl (C=O) groups is 2. The molecule has 7 heteroatoms. The lowest BCUT2D eigenvalue weighted by Crippen LogP contribution is -2.41. The Bertz CT molecular complexity index is 582. The molecule has 0 radical (unpaired) electrons. The molecule has 0 unspecified atom stereocenters. The summed E-state index contributed by atoms with van der Waals surface area (Å²) in [6.45, 7) is 4.65. The van der Waals surface area contributed by atoms with Gasteiger partial charge in [0.25, 0.3) is 5.91 Å². The van der Waals surface area contributed by atoms with Gasteiger partial charge in [-0.2, -0.15) is 5.10 Å². The van der Waals surface area contributed by atoms with E-state index in [4.69, 9.17) is 11.6 Å². The van der Waals surface area contributed by atoms with Crippen molar-refractivity contribution in [1.82, 2.24) is 20.4 Å². The highest BCUT2D eigenvalue weighted by Gasteiger charge is 2.44. The highest BCUT2D eigenvalue weighted by molar-refractivity contribution is 6.34. The number of aryl methyl sites for hydroxylation is 1. The molecule has 2 heterocycles. The first-order valence-electron chi connectivity index (χ1n) is 7.24. The summed E-state index contributed by atoms with van der Waals surface area (Å²) in [5.74, 6) is 0.754. The van der Waals surface area contributed by atoms with Crippen LogP contribution in [0.4, 0.5) is 0 Å². The minimum Gasteiger partial charge on any atom is -0.346 e. The number of halogens is 1. The van der Waals surface area contributed by atoms with Gasteiger partial charge in [0.2, 0.25) is 5.91 Å². The fourth-order valence-electron chi connectivity index (χ4n) is 3.04. The number of aromatic nitrogens is 2. The monoisotopic (exact) mass is 310 g/mol. The van der Waals surface area contributed by atoms with Crippen LogP contribution in [0.25, 0.3) is 0 Å². The van der Waals surface area contributed by atoms with Gasteiger partial charge in [0.15, 0.2) is 5.69 Å². The molecule has 2 aliphatic rings. The normalized spacial score (nSPS) is 25.2. The largest absolute Gasteiger partial charge is 0.346 e. The average Bonchev–Trinajstić information content (AvgIpc) is 3.11. The molecule has 6 nitrogen and oxygen atoms in total. The molecule has 114 valence electrons. The van der Waals surface area contributed by atoms with Gasteiger partial charge in [-0.05, 0) is 25.7 Å². The van der Waals surface area contributed by atoms with Crippen LogP contribution < -0.4 is 5.32 Å². The van der Waals surface area contributed by atoms with Crippen LogP contribution in [0.1, 0.15) is 35.9 Å². The average molecular weight is 311 g/mol. The molecule has 0 aromatic carbocycles. The summed E-state index contributed by atoms with van der Waals surface area (Å²) >= 11 is 6.06. The van der Waals surface area contributed by atoms with E-state index in [-0.39, 0.29) is 23.6 Å². The van der Waals surface area contributed by atoms with Crippen LogP contribution in [-0.4, -0.2) is 46.0 Å². The lowest BCUT2D eigenvalue weighted by Gasteiger charge is -2.18. The summed E-state index contributed by atoms with van der Waals surface area (Å²) in [6.07, 6.45) is 2.37. The predicted molar refractivity (Wildman–Crippen MR) is 78.1 cm³/mol. The summed E-state index contributed by atoms with van der Waals surface area (Å²) < 4.78 is 0. The molecule has 1 aromatic heterocycles. The first kappa shape index (κ1) is 14.4. The maximum atomic E-state index is 12.3. The van der Waals surface area contributed by atoms with Gasteiger partial charge >= 0.3 is 0 Å². The summed E-state index contributed by atoms with van der Waals surface area (Å²) in [4.78, 5) is 25.7. The number of rotatable bonds is 3. The van der Waals surface area contributed by atoms with Crippen LogP contribution in [0, 0.1) is 18.8 Å². The summed E-state index contributed by atoms with van der Waals surface area (Å²) in [5, 5.41) is 10.0. The topological polar surface area (TPSA) is 78.1 Å². The van der Waals surface area contributed by atoms with Crippen molar-refractivity contribution in [2.24, 2.45) is 11.8 Å². The lowest BCUT2D eigenvalue weighted by molar-refractivity contribution is -0.128. The molecule has 1 aliphatic carbocycles. The van der Waals surface area contributed by atoms with E-state index in [0.29, 0.717) is 29.1 Å². The van der Waals surface area contributed by atoms with Crippen molar-refractivity contribution in [3.8, 4) is 0 Å². The van der Waals surface area contributed by atoms with Gasteiger partial charge in [-0.1, -0.05) is 11.6 Å². The van der Waals surface area contributed by atoms with Gasteiger partial charge in [-0.15, -0.1) is 0 Å². The molecule has 0 spiro atoms. The highest BCUT2D eigenvalue weighted by atomic mass is 35.5. The van der Waals surface area contributed by atoms with Crippen molar-refractivity contribution < 1.29 is 9.59 Å². The highest BCUT2D eigenvalue weighted by Crippen LogP contribution is 2.41. The molecule has 0 bridgehead atoms. The third kappa shape index (κ3) is 2.77. The maximum Gasteiger partial charge on any atom is 0.273 e. The van der Waals surface area contributed by atoms with Crippen LogP contribution in [0.15, 0.2) is 0 Å². The second kappa shape index (κ2) is 5.33. The van der Waals surface area contributed by atoms with Crippen LogP contribution in [0.2, 0.25) is 5.02 Å². The lowest BCUT2D eigenvalue weighted by atomic mass is 9.98. The van der Waals surface area contributed by atoms with E-state index >= 15 is 0 Å². The van der Waals surface area contributed by atoms with Crippen LogP contribution in [0.3, 0.4) is 0 Å². The number of likely N-dealkylation sites (tertiary alicyclic amines) is 1. The fraction of sp³-hybridized carbons (Fsp3) is 0.643. The molecule has 1 aliphatic heterocycles. The first-order valence-corrected chi connectivity index (χ1v) is 7.62. The number of carbonyl (C=O) groups excluding carboxylic acids is 2. The molecular weight excluding hydrogens is 292 g/mol. The van der Waals surface area contributed by atoms with Crippen molar-refractivity contribution in [1.29, 1.82) is 0 Å². The molecule has 3 rings (SSSR count). The van der Waals surface area contributed by atoms with Crippen molar-refractivity contribution in [2.45, 2.75) is 32.7 Å². The Morgan fingerprint density at radius 1 is 1.38 bits per heavy atom. The van der Waals surface area contributed by atoms with Gasteiger partial charge in [0.1, 0.15) is 0 Å². The van der Waals surface area contributed by atoms with Gasteiger partial charge in [0, 0.05) is 25.9 Å². The van der Waals surface area contributed by atoms with Gasteiger partial charge in [-0.3, -0.25) is 14.7 Å². The van der Waals surface area contributed by atoms with E-state index in [1.165, 1.54) is 12.8 Å². The van der Waals surface area contributed by atoms with Crippen molar-refractivity contribution in [2.75, 3.05) is 13.1 Å². The van der Waals surface area contributed by atoms with Crippen molar-refractivity contribution in [3.05, 3.63) is 16.4 Å². The van der Waals surface area contributed by atoms with Crippen LogP contribution in [0.5, 0.6) is 0 Å². The van der Waals surface area contributed by atoms with Crippen molar-refractivity contribution >= 4 is 23.4 Å². The summed E-state index contributed by atoms with van der Waals surface area (Å²) in [7, 11) is 0. The molecule has 2 amide bonds. The van der Waals surface area contributed by atoms with Crippen LogP contribution in [-0.2, 0) is 4.79 Å². The molecule has 1 aromatic rings. The Balaban J connectivity index is 1.72. The number of nitrogens with one attached hydrogen (secondary N) is 2. The zero-order valence-electron chi connectivity index (χ0n) is 12.1. The van der Waals surface area contributed by atoms with Gasteiger partial charge in [-0.25, -0.2) is 0 Å². The quantitative estimate of drug-likeness (QED) is 0.885. The van der Waals surface area contributed by atoms with Gasteiger partial charge < -0.3 is 10.2 Å². The molecule has 2 atom stereocenters. The number of H-pyrrole nitrogens is 1. The molecule has 1 saturated carbocycles. The summed E-state index contributed by atoms with van der Waals surface area (Å²) in [6, 6.07) is -0.0121. The molecular formula is C14H19ClN4O2. The van der Waals surface area contributed by atoms with E-state index in [2.05, 4.69) is 15.5 Å². The number of nitrogens with zero attached hydrogens (tertiary/aromatic N) is 2. The number of aromatic amines is 1. The fourth-order valence-corrected chi connectivity index (χ4v) is 3.21. The van der Waals surface area contributed by atoms with E-state index < -0.39 is 0 Å². The molecule has 21 heavy (non-hydrogen) atoms. The van der Waals surface area contributed by atoms with E-state index in [0.717, 1.165) is 6.54 Å². The van der Waals surface area contributed by atoms with Crippen molar-refractivity contribution in [3.63, 3.8) is 0 Å². The Labute approximate surface area is 128 Å². The Morgan fingerprint density at radius 2 is 2.10 bits per heavy atom. The zero-order valence-corrected chi connectivity index (χ0v) is 12.9.